The van der Waals surface area contributed by atoms with E-state index in [1.165, 1.54) is 0 Å². The Hall–Kier alpha value is -1.12. The van der Waals surface area contributed by atoms with Crippen molar-refractivity contribution in [3.63, 3.8) is 0 Å². The lowest BCUT2D eigenvalue weighted by molar-refractivity contribution is 0.0430. The zero-order valence-electron chi connectivity index (χ0n) is 9.07. The Labute approximate surface area is 94.1 Å². The second-order valence-corrected chi connectivity index (χ2v) is 4.48. The molecule has 1 aliphatic carbocycles. The fraction of sp³-hybridized carbons (Fsp3) is 0.538. The van der Waals surface area contributed by atoms with E-state index < -0.39 is 12.3 Å². The van der Waals surface area contributed by atoms with Gasteiger partial charge in [0.15, 0.2) is 0 Å². The molecule has 3 heteroatoms. The monoisotopic (exact) mass is 226 g/mol. The molecule has 1 N–H and O–H groups in total. The van der Waals surface area contributed by atoms with Crippen molar-refractivity contribution in [3.8, 4) is 5.75 Å². The molecule has 0 heterocycles. The molecule has 1 aromatic carbocycles. The highest BCUT2D eigenvalue weighted by molar-refractivity contribution is 5.29. The summed E-state index contributed by atoms with van der Waals surface area (Å²) in [7, 11) is 0. The van der Waals surface area contributed by atoms with Gasteiger partial charge in [0, 0.05) is 5.92 Å². The van der Waals surface area contributed by atoms with E-state index in [0.29, 0.717) is 6.42 Å². The molecule has 0 radical (unpaired) electrons. The van der Waals surface area contributed by atoms with Crippen molar-refractivity contribution in [2.75, 3.05) is 0 Å². The van der Waals surface area contributed by atoms with Crippen LogP contribution in [0.1, 0.15) is 37.2 Å². The highest BCUT2D eigenvalue weighted by Gasteiger charge is 2.32. The fourth-order valence-corrected chi connectivity index (χ4v) is 2.60. The van der Waals surface area contributed by atoms with Crippen molar-refractivity contribution in [1.82, 2.24) is 0 Å². The molecule has 1 aromatic rings. The second-order valence-electron chi connectivity index (χ2n) is 4.48. The Morgan fingerprint density at radius 3 is 2.31 bits per heavy atom. The number of halogens is 2. The third-order valence-corrected chi connectivity index (χ3v) is 3.46. The molecule has 2 rings (SSSR count). The van der Waals surface area contributed by atoms with Gasteiger partial charge in [0.25, 0.3) is 0 Å². The normalized spacial score (nSPS) is 25.9. The summed E-state index contributed by atoms with van der Waals surface area (Å²) in [5.41, 5.74) is 0.933. The van der Waals surface area contributed by atoms with Crippen LogP contribution in [0.25, 0.3) is 0 Å². The average Bonchev–Trinajstić information content (AvgIpc) is 2.30. The molecule has 0 aliphatic heterocycles. The van der Waals surface area contributed by atoms with Gasteiger partial charge in [0.2, 0.25) is 6.43 Å². The Morgan fingerprint density at radius 1 is 1.06 bits per heavy atom. The van der Waals surface area contributed by atoms with Crippen molar-refractivity contribution >= 4 is 0 Å². The molecule has 88 valence electrons. The fourth-order valence-electron chi connectivity index (χ4n) is 2.60. The molecule has 0 bridgehead atoms. The van der Waals surface area contributed by atoms with E-state index in [9.17, 15) is 13.9 Å². The summed E-state index contributed by atoms with van der Waals surface area (Å²) in [4.78, 5) is 0. The van der Waals surface area contributed by atoms with Gasteiger partial charge in [0.05, 0.1) is 0 Å². The van der Waals surface area contributed by atoms with Crippen LogP contribution in [0.15, 0.2) is 24.3 Å². The number of rotatable bonds is 2. The summed E-state index contributed by atoms with van der Waals surface area (Å²) in [6.07, 6.45) is 1.14. The van der Waals surface area contributed by atoms with Crippen molar-refractivity contribution in [2.24, 2.45) is 5.92 Å². The lowest BCUT2D eigenvalue weighted by Crippen LogP contribution is -2.24. The molecule has 1 aliphatic rings. The van der Waals surface area contributed by atoms with Gasteiger partial charge in [-0.3, -0.25) is 0 Å². The van der Waals surface area contributed by atoms with Gasteiger partial charge in [-0.25, -0.2) is 8.78 Å². The molecular weight excluding hydrogens is 210 g/mol. The van der Waals surface area contributed by atoms with E-state index in [1.807, 2.05) is 0 Å². The van der Waals surface area contributed by atoms with Crippen LogP contribution in [0.5, 0.6) is 5.75 Å². The molecule has 0 amide bonds. The van der Waals surface area contributed by atoms with Crippen molar-refractivity contribution in [1.29, 1.82) is 0 Å². The van der Waals surface area contributed by atoms with Gasteiger partial charge in [-0.05, 0) is 36.5 Å². The molecule has 16 heavy (non-hydrogen) atoms. The van der Waals surface area contributed by atoms with Crippen molar-refractivity contribution in [2.45, 2.75) is 38.0 Å². The van der Waals surface area contributed by atoms with Crippen molar-refractivity contribution < 1.29 is 13.9 Å². The van der Waals surface area contributed by atoms with Crippen LogP contribution in [0, 0.1) is 5.92 Å². The molecule has 1 nitrogen and oxygen atoms in total. The number of aromatic hydroxyl groups is 1. The Bertz CT molecular complexity index is 334. The first kappa shape index (κ1) is 11.4. The van der Waals surface area contributed by atoms with Gasteiger partial charge in [-0.1, -0.05) is 25.0 Å². The first-order valence-electron chi connectivity index (χ1n) is 5.75. The van der Waals surface area contributed by atoms with Crippen molar-refractivity contribution in [3.05, 3.63) is 29.8 Å². The molecule has 0 saturated heterocycles. The Balaban J connectivity index is 2.19. The smallest absolute Gasteiger partial charge is 0.242 e. The molecule has 1 fully saturated rings. The second kappa shape index (κ2) is 4.81. The van der Waals surface area contributed by atoms with Gasteiger partial charge >= 0.3 is 0 Å². The minimum Gasteiger partial charge on any atom is -0.508 e. The van der Waals surface area contributed by atoms with Crippen LogP contribution >= 0.6 is 0 Å². The van der Waals surface area contributed by atoms with E-state index in [-0.39, 0.29) is 11.7 Å². The number of alkyl halides is 2. The number of hydrogen-bond donors (Lipinski definition) is 1. The number of benzene rings is 1. The number of phenolic OH excluding ortho intramolecular Hbond substituents is 1. The van der Waals surface area contributed by atoms with Crippen LogP contribution in [-0.4, -0.2) is 11.5 Å². The molecule has 1 saturated carbocycles. The minimum absolute atomic E-state index is 0.0469. The third-order valence-electron chi connectivity index (χ3n) is 3.46. The predicted molar refractivity (Wildman–Crippen MR) is 58.8 cm³/mol. The maximum atomic E-state index is 12.9. The molecule has 0 aromatic heterocycles. The Kier molecular flexibility index (Phi) is 3.42. The summed E-state index contributed by atoms with van der Waals surface area (Å²) >= 11 is 0. The van der Waals surface area contributed by atoms with Gasteiger partial charge in [0.1, 0.15) is 5.75 Å². The van der Waals surface area contributed by atoms with Crippen LogP contribution in [-0.2, 0) is 0 Å². The highest BCUT2D eigenvalue weighted by Crippen LogP contribution is 2.41. The zero-order valence-corrected chi connectivity index (χ0v) is 9.07. The van der Waals surface area contributed by atoms with E-state index in [1.54, 1.807) is 24.3 Å². The molecular formula is C13H16F2O. The van der Waals surface area contributed by atoms with Crippen LogP contribution < -0.4 is 0 Å². The lowest BCUT2D eigenvalue weighted by atomic mass is 9.75. The first-order chi connectivity index (χ1) is 7.68. The summed E-state index contributed by atoms with van der Waals surface area (Å²) < 4.78 is 25.8. The highest BCUT2D eigenvalue weighted by atomic mass is 19.3. The summed E-state index contributed by atoms with van der Waals surface area (Å²) in [5, 5.41) is 9.18. The third kappa shape index (κ3) is 2.34. The quantitative estimate of drug-likeness (QED) is 0.810. The number of hydrogen-bond acceptors (Lipinski definition) is 1. The summed E-state index contributed by atoms with van der Waals surface area (Å²) in [6, 6.07) is 6.68. The maximum absolute atomic E-state index is 12.9. The van der Waals surface area contributed by atoms with E-state index in [4.69, 9.17) is 0 Å². The van der Waals surface area contributed by atoms with Crippen LogP contribution in [0.2, 0.25) is 0 Å². The molecule has 2 unspecified atom stereocenters. The SMILES string of the molecule is Oc1ccc(C2CCCCC2C(F)F)cc1. The van der Waals surface area contributed by atoms with Gasteiger partial charge < -0.3 is 5.11 Å². The molecule has 0 spiro atoms. The standard InChI is InChI=1S/C13H16F2O/c14-13(15)12-4-2-1-3-11(12)9-5-7-10(16)8-6-9/h5-8,11-13,16H,1-4H2. The summed E-state index contributed by atoms with van der Waals surface area (Å²) in [5.74, 6) is -0.374. The summed E-state index contributed by atoms with van der Waals surface area (Å²) in [6.45, 7) is 0. The minimum atomic E-state index is -2.24. The average molecular weight is 226 g/mol. The number of phenols is 1. The first-order valence-corrected chi connectivity index (χ1v) is 5.75. The van der Waals surface area contributed by atoms with Crippen LogP contribution in [0.4, 0.5) is 8.78 Å². The maximum Gasteiger partial charge on any atom is 0.242 e. The zero-order chi connectivity index (χ0) is 11.5. The van der Waals surface area contributed by atoms with E-state index in [0.717, 1.165) is 24.8 Å². The largest absolute Gasteiger partial charge is 0.508 e. The van der Waals surface area contributed by atoms with Gasteiger partial charge in [-0.15, -0.1) is 0 Å². The predicted octanol–water partition coefficient (Wildman–Crippen LogP) is 3.93. The topological polar surface area (TPSA) is 20.2 Å². The van der Waals surface area contributed by atoms with E-state index in [2.05, 4.69) is 0 Å². The van der Waals surface area contributed by atoms with E-state index >= 15 is 0 Å². The molecule has 2 atom stereocenters. The lowest BCUT2D eigenvalue weighted by Gasteiger charge is -2.31. The Morgan fingerprint density at radius 2 is 1.69 bits per heavy atom. The van der Waals surface area contributed by atoms with Gasteiger partial charge in [-0.2, -0.15) is 0 Å². The van der Waals surface area contributed by atoms with Crippen LogP contribution in [0.3, 0.4) is 0 Å².